The lowest BCUT2D eigenvalue weighted by Gasteiger charge is -2.01. The summed E-state index contributed by atoms with van der Waals surface area (Å²) in [5.41, 5.74) is 7.98. The molecule has 2 aromatic rings. The lowest BCUT2D eigenvalue weighted by Crippen LogP contribution is -2.00. The van der Waals surface area contributed by atoms with Gasteiger partial charge in [-0.3, -0.25) is 4.57 Å². The van der Waals surface area contributed by atoms with Crippen LogP contribution in [0.5, 0.6) is 5.88 Å². The van der Waals surface area contributed by atoms with Crippen LogP contribution in [0.4, 0.5) is 5.95 Å². The number of aromatic nitrogens is 4. The molecule has 0 radical (unpaired) electrons. The zero-order valence-corrected chi connectivity index (χ0v) is 9.87. The number of hydrogen-bond donors (Lipinski definition) is 2. The van der Waals surface area contributed by atoms with Gasteiger partial charge in [0.1, 0.15) is 6.33 Å². The van der Waals surface area contributed by atoms with Gasteiger partial charge < -0.3 is 15.6 Å². The molecule has 0 saturated heterocycles. The van der Waals surface area contributed by atoms with Gasteiger partial charge in [0.25, 0.3) is 0 Å². The van der Waals surface area contributed by atoms with Crippen LogP contribution in [-0.2, 0) is 0 Å². The first kappa shape index (κ1) is 11.0. The number of aliphatic hydroxyl groups is 1. The van der Waals surface area contributed by atoms with Crippen LogP contribution in [0.3, 0.4) is 0 Å². The van der Waals surface area contributed by atoms with Crippen LogP contribution in [-0.4, -0.2) is 38.3 Å². The Morgan fingerprint density at radius 3 is 3.11 bits per heavy atom. The minimum absolute atomic E-state index is 0.147. The summed E-state index contributed by atoms with van der Waals surface area (Å²) < 4.78 is 6.90. The van der Waals surface area contributed by atoms with E-state index in [-0.39, 0.29) is 18.5 Å². The van der Waals surface area contributed by atoms with E-state index in [1.807, 2.05) is 6.20 Å². The summed E-state index contributed by atoms with van der Waals surface area (Å²) in [7, 11) is 1.52. The van der Waals surface area contributed by atoms with E-state index in [1.54, 1.807) is 10.9 Å². The molecule has 0 spiro atoms. The quantitative estimate of drug-likeness (QED) is 0.807. The number of aliphatic hydroxyl groups excluding tert-OH is 1. The molecular weight excluding hydrogens is 234 g/mol. The zero-order valence-electron chi connectivity index (χ0n) is 9.87. The second kappa shape index (κ2) is 3.95. The van der Waals surface area contributed by atoms with Gasteiger partial charge in [-0.25, -0.2) is 4.98 Å². The first-order chi connectivity index (χ1) is 8.72. The van der Waals surface area contributed by atoms with Gasteiger partial charge in [-0.15, -0.1) is 0 Å². The molecule has 94 valence electrons. The molecule has 0 unspecified atom stereocenters. The van der Waals surface area contributed by atoms with Crippen LogP contribution in [0.1, 0.15) is 6.42 Å². The molecule has 3 N–H and O–H groups in total. The largest absolute Gasteiger partial charge is 0.479 e. The Bertz CT molecular complexity index is 634. The van der Waals surface area contributed by atoms with Crippen molar-refractivity contribution in [2.75, 3.05) is 19.5 Å². The summed E-state index contributed by atoms with van der Waals surface area (Å²) in [5, 5.41) is 9.01. The fraction of sp³-hybridized carbons (Fsp3) is 0.364. The summed E-state index contributed by atoms with van der Waals surface area (Å²) in [6.07, 6.45) is 4.47. The first-order valence-electron chi connectivity index (χ1n) is 5.58. The van der Waals surface area contributed by atoms with Crippen molar-refractivity contribution in [3.63, 3.8) is 0 Å². The monoisotopic (exact) mass is 247 g/mol. The Labute approximate surface area is 103 Å². The standard InChI is InChI=1S/C11H13N5O2/c1-18-10-8-9(14-11(12)15-10)16(5-13-8)3-6-2-7(6)4-17/h3,5,7,17H,2,4H2,1H3,(H2,12,14,15)/b6-3+/t7-/m0/s1. The van der Waals surface area contributed by atoms with Gasteiger partial charge in [-0.05, 0) is 12.0 Å². The summed E-state index contributed by atoms with van der Waals surface area (Å²) in [6, 6.07) is 0. The molecule has 1 fully saturated rings. The highest BCUT2D eigenvalue weighted by molar-refractivity contribution is 5.79. The molecule has 3 rings (SSSR count). The van der Waals surface area contributed by atoms with Crippen molar-refractivity contribution >= 4 is 23.3 Å². The highest BCUT2D eigenvalue weighted by Crippen LogP contribution is 2.38. The van der Waals surface area contributed by atoms with E-state index in [4.69, 9.17) is 15.6 Å². The first-order valence-corrected chi connectivity index (χ1v) is 5.58. The molecule has 7 heteroatoms. The molecule has 0 aromatic carbocycles. The second-order valence-electron chi connectivity index (χ2n) is 4.20. The van der Waals surface area contributed by atoms with Gasteiger partial charge >= 0.3 is 0 Å². The maximum Gasteiger partial charge on any atom is 0.246 e. The highest BCUT2D eigenvalue weighted by Gasteiger charge is 2.29. The molecule has 0 bridgehead atoms. The number of nitrogens with zero attached hydrogens (tertiary/aromatic N) is 4. The number of hydrogen-bond acceptors (Lipinski definition) is 6. The van der Waals surface area contributed by atoms with Gasteiger partial charge in [-0.1, -0.05) is 0 Å². The van der Waals surface area contributed by atoms with E-state index in [1.165, 1.54) is 12.7 Å². The van der Waals surface area contributed by atoms with Gasteiger partial charge in [0.05, 0.1) is 7.11 Å². The Hall–Kier alpha value is -2.15. The molecule has 1 saturated carbocycles. The number of fused-ring (bicyclic) bond motifs is 1. The molecule has 1 atom stereocenters. The Kier molecular flexibility index (Phi) is 2.41. The number of nitrogens with two attached hydrogens (primary N) is 1. The summed E-state index contributed by atoms with van der Waals surface area (Å²) in [4.78, 5) is 12.3. The third kappa shape index (κ3) is 1.68. The molecule has 0 aliphatic heterocycles. The normalized spacial score (nSPS) is 20.6. The fourth-order valence-corrected chi connectivity index (χ4v) is 1.89. The van der Waals surface area contributed by atoms with Crippen molar-refractivity contribution in [1.82, 2.24) is 19.5 Å². The topological polar surface area (TPSA) is 99.1 Å². The molecule has 18 heavy (non-hydrogen) atoms. The Morgan fingerprint density at radius 2 is 2.44 bits per heavy atom. The molecule has 7 nitrogen and oxygen atoms in total. The van der Waals surface area contributed by atoms with E-state index in [0.717, 1.165) is 6.42 Å². The van der Waals surface area contributed by atoms with Crippen molar-refractivity contribution in [3.8, 4) is 5.88 Å². The third-order valence-electron chi connectivity index (χ3n) is 2.97. The van der Waals surface area contributed by atoms with E-state index < -0.39 is 0 Å². The molecular formula is C11H13N5O2. The van der Waals surface area contributed by atoms with Crippen LogP contribution in [0.2, 0.25) is 0 Å². The maximum atomic E-state index is 9.01. The number of imidazole rings is 1. The van der Waals surface area contributed by atoms with Gasteiger partial charge in [0.15, 0.2) is 11.2 Å². The molecule has 1 aliphatic carbocycles. The lowest BCUT2D eigenvalue weighted by atomic mass is 10.4. The SMILES string of the molecule is COc1nc(N)nc2c1ncn2/C=C1\C[C@H]1CO. The second-order valence-corrected chi connectivity index (χ2v) is 4.20. The summed E-state index contributed by atoms with van der Waals surface area (Å²) in [5.74, 6) is 0.779. The molecule has 1 aliphatic rings. The van der Waals surface area contributed by atoms with E-state index in [9.17, 15) is 0 Å². The van der Waals surface area contributed by atoms with Gasteiger partial charge in [0, 0.05) is 18.7 Å². The third-order valence-corrected chi connectivity index (χ3v) is 2.97. The van der Waals surface area contributed by atoms with Crippen LogP contribution in [0, 0.1) is 5.92 Å². The van der Waals surface area contributed by atoms with Crippen LogP contribution < -0.4 is 10.5 Å². The number of ether oxygens (including phenoxy) is 1. The minimum atomic E-state index is 0.147. The van der Waals surface area contributed by atoms with Crippen LogP contribution in [0.25, 0.3) is 17.4 Å². The highest BCUT2D eigenvalue weighted by atomic mass is 16.5. The van der Waals surface area contributed by atoms with Gasteiger partial charge in [0.2, 0.25) is 11.8 Å². The fourth-order valence-electron chi connectivity index (χ4n) is 1.89. The molecule has 2 heterocycles. The average molecular weight is 247 g/mol. The van der Waals surface area contributed by atoms with Crippen molar-refractivity contribution in [2.45, 2.75) is 6.42 Å². The number of rotatable bonds is 3. The van der Waals surface area contributed by atoms with Gasteiger partial charge in [-0.2, -0.15) is 9.97 Å². The maximum absolute atomic E-state index is 9.01. The van der Waals surface area contributed by atoms with Crippen molar-refractivity contribution in [1.29, 1.82) is 0 Å². The lowest BCUT2D eigenvalue weighted by molar-refractivity contribution is 0.281. The number of methoxy groups -OCH3 is 1. The number of anilines is 1. The smallest absolute Gasteiger partial charge is 0.246 e. The Balaban J connectivity index is 2.09. The molecule has 2 aromatic heterocycles. The van der Waals surface area contributed by atoms with Crippen molar-refractivity contribution in [3.05, 3.63) is 11.9 Å². The molecule has 0 amide bonds. The summed E-state index contributed by atoms with van der Waals surface area (Å²) >= 11 is 0. The Morgan fingerprint density at radius 1 is 1.61 bits per heavy atom. The van der Waals surface area contributed by atoms with E-state index >= 15 is 0 Å². The average Bonchev–Trinajstić information content (AvgIpc) is 3.01. The predicted octanol–water partition coefficient (Wildman–Crippen LogP) is 0.270. The predicted molar refractivity (Wildman–Crippen MR) is 65.8 cm³/mol. The van der Waals surface area contributed by atoms with Crippen LogP contribution >= 0.6 is 0 Å². The van der Waals surface area contributed by atoms with Crippen molar-refractivity contribution < 1.29 is 9.84 Å². The summed E-state index contributed by atoms with van der Waals surface area (Å²) in [6.45, 7) is 0.179. The van der Waals surface area contributed by atoms with Crippen molar-refractivity contribution in [2.24, 2.45) is 5.92 Å². The van der Waals surface area contributed by atoms with Crippen LogP contribution in [0.15, 0.2) is 11.9 Å². The van der Waals surface area contributed by atoms with E-state index in [2.05, 4.69) is 15.0 Å². The number of nitrogen functional groups attached to an aromatic ring is 1. The van der Waals surface area contributed by atoms with E-state index in [0.29, 0.717) is 17.0 Å². The zero-order chi connectivity index (χ0) is 12.7. The minimum Gasteiger partial charge on any atom is -0.479 e.